The number of carbonyl (C=O) groups is 1. The summed E-state index contributed by atoms with van der Waals surface area (Å²) in [5.41, 5.74) is 1.20. The van der Waals surface area contributed by atoms with Crippen molar-refractivity contribution in [3.8, 4) is 0 Å². The van der Waals surface area contributed by atoms with Gasteiger partial charge in [0.1, 0.15) is 5.82 Å². The average molecular weight is 322 g/mol. The van der Waals surface area contributed by atoms with Gasteiger partial charge in [-0.05, 0) is 49.2 Å². The molecule has 0 aromatic heterocycles. The molecule has 0 aliphatic rings. The van der Waals surface area contributed by atoms with Crippen LogP contribution in [-0.2, 0) is 0 Å². The molecule has 2 aromatic carbocycles. The van der Waals surface area contributed by atoms with E-state index in [9.17, 15) is 18.0 Å². The van der Waals surface area contributed by atoms with Crippen LogP contribution < -0.4 is 10.6 Å². The molecule has 0 radical (unpaired) electrons. The third kappa shape index (κ3) is 4.48. The van der Waals surface area contributed by atoms with E-state index in [1.165, 1.54) is 18.2 Å². The molecule has 0 fully saturated rings. The summed E-state index contributed by atoms with van der Waals surface area (Å²) in [5, 5.41) is 5.34. The first kappa shape index (κ1) is 16.9. The molecule has 2 atom stereocenters. The van der Waals surface area contributed by atoms with Crippen LogP contribution in [0.1, 0.15) is 37.1 Å². The topological polar surface area (TPSA) is 41.1 Å². The lowest BCUT2D eigenvalue weighted by Gasteiger charge is -2.19. The number of halogens is 3. The molecule has 0 bridgehead atoms. The predicted molar refractivity (Wildman–Crippen MR) is 81.3 cm³/mol. The largest absolute Gasteiger partial charge is 0.332 e. The summed E-state index contributed by atoms with van der Waals surface area (Å²) in [6, 6.07) is 7.98. The number of amides is 2. The molecule has 0 aliphatic heterocycles. The molecule has 0 aliphatic carbocycles. The first-order valence-electron chi connectivity index (χ1n) is 7.14. The Morgan fingerprint density at radius 2 is 1.35 bits per heavy atom. The van der Waals surface area contributed by atoms with Gasteiger partial charge >= 0.3 is 6.03 Å². The number of nitrogens with one attached hydrogen (secondary N) is 2. The fraction of sp³-hybridized carbons (Fsp3) is 0.235. The van der Waals surface area contributed by atoms with Crippen molar-refractivity contribution in [1.29, 1.82) is 0 Å². The highest BCUT2D eigenvalue weighted by Gasteiger charge is 2.14. The van der Waals surface area contributed by atoms with Gasteiger partial charge in [0.15, 0.2) is 11.6 Å². The molecule has 2 unspecified atom stereocenters. The van der Waals surface area contributed by atoms with Crippen LogP contribution in [0.5, 0.6) is 0 Å². The summed E-state index contributed by atoms with van der Waals surface area (Å²) >= 11 is 0. The molecule has 3 nitrogen and oxygen atoms in total. The molecule has 122 valence electrons. The maximum atomic E-state index is 13.2. The van der Waals surface area contributed by atoms with Gasteiger partial charge in [0.2, 0.25) is 0 Å². The van der Waals surface area contributed by atoms with E-state index >= 15 is 0 Å². The number of hydrogen-bond donors (Lipinski definition) is 2. The zero-order valence-corrected chi connectivity index (χ0v) is 12.7. The van der Waals surface area contributed by atoms with Crippen LogP contribution in [0.3, 0.4) is 0 Å². The van der Waals surface area contributed by atoms with E-state index in [1.54, 1.807) is 26.0 Å². The third-order valence-corrected chi connectivity index (χ3v) is 3.51. The number of urea groups is 1. The van der Waals surface area contributed by atoms with E-state index in [-0.39, 0.29) is 11.9 Å². The van der Waals surface area contributed by atoms with Crippen LogP contribution in [0.4, 0.5) is 18.0 Å². The predicted octanol–water partition coefficient (Wildman–Crippen LogP) is 4.23. The van der Waals surface area contributed by atoms with Crippen LogP contribution in [0.2, 0.25) is 0 Å². The first-order chi connectivity index (χ1) is 10.9. The molecule has 2 aromatic rings. The molecule has 2 amide bonds. The molecule has 2 rings (SSSR count). The number of benzene rings is 2. The summed E-state index contributed by atoms with van der Waals surface area (Å²) in [6.07, 6.45) is 0. The lowest BCUT2D eigenvalue weighted by atomic mass is 10.1. The van der Waals surface area contributed by atoms with Crippen molar-refractivity contribution in [1.82, 2.24) is 10.6 Å². The third-order valence-electron chi connectivity index (χ3n) is 3.51. The van der Waals surface area contributed by atoms with Crippen molar-refractivity contribution in [2.24, 2.45) is 0 Å². The highest BCUT2D eigenvalue weighted by Crippen LogP contribution is 2.17. The van der Waals surface area contributed by atoms with Crippen LogP contribution in [0.15, 0.2) is 42.5 Å². The fourth-order valence-corrected chi connectivity index (χ4v) is 2.13. The minimum absolute atomic E-state index is 0.326. The second-order valence-electron chi connectivity index (χ2n) is 5.29. The Morgan fingerprint density at radius 3 is 1.91 bits per heavy atom. The molecular weight excluding hydrogens is 305 g/mol. The quantitative estimate of drug-likeness (QED) is 0.869. The average Bonchev–Trinajstić information content (AvgIpc) is 2.50. The highest BCUT2D eigenvalue weighted by molar-refractivity contribution is 5.74. The van der Waals surface area contributed by atoms with Gasteiger partial charge in [-0.3, -0.25) is 0 Å². The fourth-order valence-electron chi connectivity index (χ4n) is 2.13. The van der Waals surface area contributed by atoms with Gasteiger partial charge in [0.05, 0.1) is 12.1 Å². The monoisotopic (exact) mass is 322 g/mol. The van der Waals surface area contributed by atoms with Crippen molar-refractivity contribution in [3.05, 3.63) is 71.0 Å². The summed E-state index contributed by atoms with van der Waals surface area (Å²) in [7, 11) is 0. The van der Waals surface area contributed by atoms with Crippen molar-refractivity contribution in [3.63, 3.8) is 0 Å². The van der Waals surface area contributed by atoms with Crippen LogP contribution in [0, 0.1) is 17.5 Å². The number of hydrogen-bond acceptors (Lipinski definition) is 1. The lowest BCUT2D eigenvalue weighted by Crippen LogP contribution is -2.38. The van der Waals surface area contributed by atoms with E-state index in [0.29, 0.717) is 5.56 Å². The lowest BCUT2D eigenvalue weighted by molar-refractivity contribution is 0.235. The van der Waals surface area contributed by atoms with E-state index in [0.717, 1.165) is 17.7 Å². The summed E-state index contributed by atoms with van der Waals surface area (Å²) in [4.78, 5) is 12.0. The molecule has 23 heavy (non-hydrogen) atoms. The Hall–Kier alpha value is -2.50. The van der Waals surface area contributed by atoms with Crippen LogP contribution in [-0.4, -0.2) is 6.03 Å². The van der Waals surface area contributed by atoms with Crippen molar-refractivity contribution in [2.75, 3.05) is 0 Å². The van der Waals surface area contributed by atoms with Gasteiger partial charge in [0.25, 0.3) is 0 Å². The molecule has 0 saturated carbocycles. The van der Waals surface area contributed by atoms with E-state index in [2.05, 4.69) is 10.6 Å². The van der Waals surface area contributed by atoms with Gasteiger partial charge in [0, 0.05) is 0 Å². The van der Waals surface area contributed by atoms with Gasteiger partial charge in [-0.25, -0.2) is 18.0 Å². The minimum atomic E-state index is -0.962. The minimum Gasteiger partial charge on any atom is -0.332 e. The van der Waals surface area contributed by atoms with Crippen LogP contribution in [0.25, 0.3) is 0 Å². The number of rotatable bonds is 4. The van der Waals surface area contributed by atoms with Gasteiger partial charge in [-0.1, -0.05) is 18.2 Å². The highest BCUT2D eigenvalue weighted by atomic mass is 19.2. The normalized spacial score (nSPS) is 13.3. The summed E-state index contributed by atoms with van der Waals surface area (Å²) in [5.74, 6) is -2.25. The van der Waals surface area contributed by atoms with Crippen molar-refractivity contribution >= 4 is 6.03 Å². The maximum Gasteiger partial charge on any atom is 0.315 e. The second-order valence-corrected chi connectivity index (χ2v) is 5.29. The van der Waals surface area contributed by atoms with E-state index in [4.69, 9.17) is 0 Å². The standard InChI is InChI=1S/C17H17F3N2O/c1-10(12-3-6-14(18)7-4-12)21-17(23)22-11(2)13-5-8-15(19)16(20)9-13/h3-11H,1-2H3,(H2,21,22,23). The SMILES string of the molecule is CC(NC(=O)NC(C)c1ccc(F)c(F)c1)c1ccc(F)cc1. The molecule has 0 heterocycles. The summed E-state index contributed by atoms with van der Waals surface area (Å²) < 4.78 is 39.0. The summed E-state index contributed by atoms with van der Waals surface area (Å²) in [6.45, 7) is 3.42. The molecular formula is C17H17F3N2O. The molecule has 0 saturated heterocycles. The molecule has 6 heteroatoms. The van der Waals surface area contributed by atoms with E-state index in [1.807, 2.05) is 0 Å². The zero-order valence-electron chi connectivity index (χ0n) is 12.7. The zero-order chi connectivity index (χ0) is 17.0. The molecule has 0 spiro atoms. The Morgan fingerprint density at radius 1 is 0.826 bits per heavy atom. The Kier molecular flexibility index (Phi) is 5.26. The Bertz CT molecular complexity index is 689. The maximum absolute atomic E-state index is 13.2. The second kappa shape index (κ2) is 7.17. The van der Waals surface area contributed by atoms with Crippen molar-refractivity contribution in [2.45, 2.75) is 25.9 Å². The van der Waals surface area contributed by atoms with E-state index < -0.39 is 23.7 Å². The molecule has 2 N–H and O–H groups in total. The van der Waals surface area contributed by atoms with Gasteiger partial charge in [-0.2, -0.15) is 0 Å². The van der Waals surface area contributed by atoms with Gasteiger partial charge in [-0.15, -0.1) is 0 Å². The smallest absolute Gasteiger partial charge is 0.315 e. The Balaban J connectivity index is 1.95. The van der Waals surface area contributed by atoms with Crippen LogP contribution >= 0.6 is 0 Å². The Labute approximate surface area is 132 Å². The van der Waals surface area contributed by atoms with Crippen molar-refractivity contribution < 1.29 is 18.0 Å². The number of carbonyl (C=O) groups excluding carboxylic acids is 1. The first-order valence-corrected chi connectivity index (χ1v) is 7.14. The van der Waals surface area contributed by atoms with Gasteiger partial charge < -0.3 is 10.6 Å².